The summed E-state index contributed by atoms with van der Waals surface area (Å²) in [6, 6.07) is 0. The van der Waals surface area contributed by atoms with E-state index >= 15 is 0 Å². The molecule has 4 aliphatic rings. The van der Waals surface area contributed by atoms with E-state index < -0.39 is 30.9 Å². The highest BCUT2D eigenvalue weighted by molar-refractivity contribution is 6.74. The average Bonchev–Trinajstić information content (AvgIpc) is 2.97. The number of esters is 1. The number of fused-ring (bicyclic) bond motifs is 3. The van der Waals surface area contributed by atoms with E-state index in [2.05, 4.69) is 40.8 Å². The summed E-state index contributed by atoms with van der Waals surface area (Å²) in [7, 11) is -2.13. The number of hydrogen-bond donors (Lipinski definition) is 1. The Kier molecular flexibility index (Phi) is 5.15. The summed E-state index contributed by atoms with van der Waals surface area (Å²) in [5, 5.41) is 11.9. The van der Waals surface area contributed by atoms with Gasteiger partial charge in [-0.3, -0.25) is 4.79 Å². The van der Waals surface area contributed by atoms with E-state index in [9.17, 15) is 14.7 Å². The van der Waals surface area contributed by atoms with Crippen molar-refractivity contribution in [1.82, 2.24) is 0 Å². The number of carbonyl (C=O) groups excluding carboxylic acids is 2. The van der Waals surface area contributed by atoms with Crippen molar-refractivity contribution in [1.29, 1.82) is 0 Å². The molecule has 32 heavy (non-hydrogen) atoms. The quantitative estimate of drug-likeness (QED) is 0.353. The molecule has 1 heterocycles. The monoisotopic (exact) mass is 460 g/mol. The van der Waals surface area contributed by atoms with Crippen LogP contribution in [-0.4, -0.2) is 43.0 Å². The molecular weight excluding hydrogens is 420 g/mol. The Balaban J connectivity index is 1.89. The molecular formula is C26H40O5Si. The van der Waals surface area contributed by atoms with Gasteiger partial charge in [0.2, 0.25) is 0 Å². The number of ether oxygens (including phenoxy) is 1. The van der Waals surface area contributed by atoms with Gasteiger partial charge in [0.25, 0.3) is 0 Å². The minimum atomic E-state index is -2.13. The minimum Gasteiger partial charge on any atom is -0.454 e. The number of aliphatic hydroxyl groups is 1. The summed E-state index contributed by atoms with van der Waals surface area (Å²) in [5.74, 6) is -0.580. The standard InChI is InChI=1S/C26H40O5Si/c1-15-10-12-17-21-20-16(22(28)30-21)11-13-19(31-32(8,9)23(2,3)4)25(20,7)14-18(27)26(15,29)24(17,5)6/h10,17,19,21,29H,11-14H2,1-9H3/t17-,19-,21+,25+,26-/m0/s1. The van der Waals surface area contributed by atoms with E-state index in [1.54, 1.807) is 0 Å². The zero-order valence-electron chi connectivity index (χ0n) is 21.2. The largest absolute Gasteiger partial charge is 0.454 e. The summed E-state index contributed by atoms with van der Waals surface area (Å²) in [6.45, 7) is 18.9. The first-order valence-corrected chi connectivity index (χ1v) is 14.9. The van der Waals surface area contributed by atoms with Gasteiger partial charge in [-0.05, 0) is 55.5 Å². The Labute approximate surface area is 193 Å². The van der Waals surface area contributed by atoms with Crippen LogP contribution in [0.1, 0.15) is 74.1 Å². The molecule has 2 bridgehead atoms. The van der Waals surface area contributed by atoms with Gasteiger partial charge < -0.3 is 14.3 Å². The number of allylic oxidation sites excluding steroid dienone is 1. The lowest BCUT2D eigenvalue weighted by Crippen LogP contribution is -2.64. The van der Waals surface area contributed by atoms with Gasteiger partial charge in [-0.25, -0.2) is 4.79 Å². The molecule has 0 aromatic heterocycles. The second-order valence-electron chi connectivity index (χ2n) is 12.8. The first-order valence-electron chi connectivity index (χ1n) is 12.0. The van der Waals surface area contributed by atoms with Crippen molar-refractivity contribution in [2.24, 2.45) is 16.7 Å². The Morgan fingerprint density at radius 2 is 1.81 bits per heavy atom. The van der Waals surface area contributed by atoms with E-state index in [0.717, 1.165) is 11.1 Å². The molecule has 5 nitrogen and oxygen atoms in total. The lowest BCUT2D eigenvalue weighted by atomic mass is 9.50. The molecule has 0 unspecified atom stereocenters. The zero-order valence-corrected chi connectivity index (χ0v) is 22.2. The minimum absolute atomic E-state index is 0.0288. The highest BCUT2D eigenvalue weighted by atomic mass is 28.4. The number of hydrogen-bond acceptors (Lipinski definition) is 5. The van der Waals surface area contributed by atoms with Crippen LogP contribution in [0.15, 0.2) is 22.8 Å². The van der Waals surface area contributed by atoms with Crippen molar-refractivity contribution in [3.8, 4) is 0 Å². The molecule has 1 aliphatic heterocycles. The summed E-state index contributed by atoms with van der Waals surface area (Å²) in [6.07, 6.45) is 3.50. The highest BCUT2D eigenvalue weighted by Gasteiger charge is 2.66. The van der Waals surface area contributed by atoms with Crippen LogP contribution in [0.5, 0.6) is 0 Å². The van der Waals surface area contributed by atoms with Gasteiger partial charge >= 0.3 is 5.97 Å². The maximum Gasteiger partial charge on any atom is 0.334 e. The summed E-state index contributed by atoms with van der Waals surface area (Å²) in [5.41, 5.74) is -0.560. The van der Waals surface area contributed by atoms with Crippen LogP contribution in [0, 0.1) is 16.7 Å². The Bertz CT molecular complexity index is 936. The lowest BCUT2D eigenvalue weighted by Gasteiger charge is -2.57. The van der Waals surface area contributed by atoms with Crippen LogP contribution in [0.3, 0.4) is 0 Å². The van der Waals surface area contributed by atoms with Gasteiger partial charge in [0, 0.05) is 28.7 Å². The third-order valence-corrected chi connectivity index (χ3v) is 14.2. The summed E-state index contributed by atoms with van der Waals surface area (Å²) >= 11 is 0. The number of ketones is 1. The van der Waals surface area contributed by atoms with E-state index in [1.165, 1.54) is 0 Å². The molecule has 5 atom stereocenters. The van der Waals surface area contributed by atoms with E-state index in [-0.39, 0.29) is 35.2 Å². The second kappa shape index (κ2) is 6.89. The Morgan fingerprint density at radius 3 is 2.41 bits per heavy atom. The van der Waals surface area contributed by atoms with Gasteiger partial charge in [-0.1, -0.05) is 47.6 Å². The lowest BCUT2D eigenvalue weighted by molar-refractivity contribution is -0.168. The SMILES string of the molecule is CC1=CC[C@H]2[C@H]3OC(=O)C4=C3[C@](C)(CC(=O)[C@]1(O)C2(C)C)[C@@H](O[Si](C)(C)C(C)(C)C)CC4. The third-order valence-electron chi connectivity index (χ3n) is 9.72. The molecule has 1 fully saturated rings. The molecule has 0 amide bonds. The van der Waals surface area contributed by atoms with Crippen molar-refractivity contribution in [3.63, 3.8) is 0 Å². The summed E-state index contributed by atoms with van der Waals surface area (Å²) < 4.78 is 13.0. The Hall–Kier alpha value is -1.24. The number of carbonyl (C=O) groups is 2. The molecule has 0 saturated heterocycles. The Morgan fingerprint density at radius 1 is 1.19 bits per heavy atom. The number of rotatable bonds is 2. The van der Waals surface area contributed by atoms with E-state index in [1.807, 2.05) is 26.8 Å². The third kappa shape index (κ3) is 2.94. The highest BCUT2D eigenvalue weighted by Crippen LogP contribution is 2.61. The first kappa shape index (κ1) is 23.9. The molecule has 1 saturated carbocycles. The maximum atomic E-state index is 13.9. The van der Waals surface area contributed by atoms with Gasteiger partial charge in [-0.2, -0.15) is 0 Å². The fourth-order valence-corrected chi connectivity index (χ4v) is 7.92. The molecule has 4 rings (SSSR count). The fraction of sp³-hybridized carbons (Fsp3) is 0.769. The van der Waals surface area contributed by atoms with Gasteiger partial charge in [0.1, 0.15) is 11.7 Å². The van der Waals surface area contributed by atoms with Gasteiger partial charge in [0.15, 0.2) is 14.1 Å². The molecule has 1 N–H and O–H groups in total. The zero-order chi connectivity index (χ0) is 24.1. The first-order chi connectivity index (χ1) is 14.5. The van der Waals surface area contributed by atoms with Crippen LogP contribution in [0.25, 0.3) is 0 Å². The molecule has 0 radical (unpaired) electrons. The van der Waals surface area contributed by atoms with Crippen LogP contribution in [0.2, 0.25) is 18.1 Å². The van der Waals surface area contributed by atoms with Gasteiger partial charge in [0.05, 0.1) is 6.10 Å². The van der Waals surface area contributed by atoms with Crippen molar-refractivity contribution in [3.05, 3.63) is 22.8 Å². The fourth-order valence-electron chi connectivity index (χ4n) is 6.48. The van der Waals surface area contributed by atoms with Crippen LogP contribution < -0.4 is 0 Å². The topological polar surface area (TPSA) is 72.8 Å². The van der Waals surface area contributed by atoms with Gasteiger partial charge in [-0.15, -0.1) is 0 Å². The normalized spacial score (nSPS) is 39.2. The smallest absolute Gasteiger partial charge is 0.334 e. The summed E-state index contributed by atoms with van der Waals surface area (Å²) in [4.78, 5) is 26.9. The molecule has 178 valence electrons. The molecule has 3 aliphatic carbocycles. The average molecular weight is 461 g/mol. The predicted octanol–water partition coefficient (Wildman–Crippen LogP) is 5.10. The van der Waals surface area contributed by atoms with Crippen molar-refractivity contribution in [2.45, 2.75) is 110 Å². The van der Waals surface area contributed by atoms with Crippen molar-refractivity contribution < 1.29 is 23.9 Å². The van der Waals surface area contributed by atoms with Crippen molar-refractivity contribution >= 4 is 20.1 Å². The van der Waals surface area contributed by atoms with Crippen LogP contribution in [-0.2, 0) is 18.8 Å². The molecule has 0 spiro atoms. The second-order valence-corrected chi connectivity index (χ2v) is 17.6. The maximum absolute atomic E-state index is 13.9. The van der Waals surface area contributed by atoms with Crippen molar-refractivity contribution in [2.75, 3.05) is 0 Å². The van der Waals surface area contributed by atoms with E-state index in [4.69, 9.17) is 9.16 Å². The molecule has 0 aromatic rings. The van der Waals surface area contributed by atoms with Crippen LogP contribution in [0.4, 0.5) is 0 Å². The molecule has 6 heteroatoms. The molecule has 0 aromatic carbocycles. The number of Topliss-reactive ketones (excluding diaryl/α,β-unsaturated/α-hetero) is 1. The van der Waals surface area contributed by atoms with Crippen LogP contribution >= 0.6 is 0 Å². The predicted molar refractivity (Wildman–Crippen MR) is 127 cm³/mol. The van der Waals surface area contributed by atoms with E-state index in [0.29, 0.717) is 24.8 Å².